The average Bonchev–Trinajstić information content (AvgIpc) is 2.31. The van der Waals surface area contributed by atoms with E-state index in [1.54, 1.807) is 24.3 Å². The number of nitrogens with zero attached hydrogens (tertiary/aromatic N) is 1. The quantitative estimate of drug-likeness (QED) is 0.848. The van der Waals surface area contributed by atoms with Gasteiger partial charge in [0.1, 0.15) is 5.82 Å². The van der Waals surface area contributed by atoms with E-state index in [1.807, 2.05) is 0 Å². The monoisotopic (exact) mass is 266 g/mol. The van der Waals surface area contributed by atoms with Crippen LogP contribution in [0.1, 0.15) is 10.4 Å². The summed E-state index contributed by atoms with van der Waals surface area (Å²) in [5.74, 6) is 0.283. The van der Waals surface area contributed by atoms with Crippen molar-refractivity contribution in [3.63, 3.8) is 0 Å². The molecular weight excluding hydrogens is 259 g/mol. The second-order valence-corrected chi connectivity index (χ2v) is 4.23. The van der Waals surface area contributed by atoms with Crippen molar-refractivity contribution in [2.24, 2.45) is 0 Å². The Morgan fingerprint density at radius 1 is 1.24 bits per heavy atom. The number of hydrogen-bond acceptors (Lipinski definition) is 3. The smallest absolute Gasteiger partial charge is 0.151 e. The van der Waals surface area contributed by atoms with E-state index in [0.717, 1.165) is 0 Å². The SMILES string of the molecule is Nc1ncc(C=O)cc1-c1c(Cl)cccc1Cl. The predicted molar refractivity (Wildman–Crippen MR) is 69.5 cm³/mol. The molecule has 0 bridgehead atoms. The van der Waals surface area contributed by atoms with Crippen molar-refractivity contribution in [1.29, 1.82) is 0 Å². The molecule has 0 radical (unpaired) electrons. The molecule has 0 amide bonds. The minimum absolute atomic E-state index is 0.283. The summed E-state index contributed by atoms with van der Waals surface area (Å²) in [7, 11) is 0. The summed E-state index contributed by atoms with van der Waals surface area (Å²) in [4.78, 5) is 14.7. The Kier molecular flexibility index (Phi) is 3.31. The first-order chi connectivity index (χ1) is 8.13. The second-order valence-electron chi connectivity index (χ2n) is 3.42. The number of carbonyl (C=O) groups excluding carboxylic acids is 1. The van der Waals surface area contributed by atoms with Crippen LogP contribution in [-0.2, 0) is 0 Å². The number of hydrogen-bond donors (Lipinski definition) is 1. The van der Waals surface area contributed by atoms with Gasteiger partial charge in [0.2, 0.25) is 0 Å². The zero-order valence-electron chi connectivity index (χ0n) is 8.65. The fraction of sp³-hybridized carbons (Fsp3) is 0. The van der Waals surface area contributed by atoms with Crippen LogP contribution in [0.15, 0.2) is 30.5 Å². The Balaban J connectivity index is 2.71. The van der Waals surface area contributed by atoms with E-state index in [4.69, 9.17) is 28.9 Å². The van der Waals surface area contributed by atoms with Gasteiger partial charge in [-0.15, -0.1) is 0 Å². The Morgan fingerprint density at radius 3 is 2.47 bits per heavy atom. The van der Waals surface area contributed by atoms with Crippen molar-refractivity contribution in [3.8, 4) is 11.1 Å². The van der Waals surface area contributed by atoms with Crippen LogP contribution in [0.4, 0.5) is 5.82 Å². The number of aromatic nitrogens is 1. The summed E-state index contributed by atoms with van der Waals surface area (Å²) < 4.78 is 0. The first-order valence-electron chi connectivity index (χ1n) is 4.78. The Hall–Kier alpha value is -1.58. The third kappa shape index (κ3) is 2.25. The van der Waals surface area contributed by atoms with Crippen LogP contribution in [-0.4, -0.2) is 11.3 Å². The molecule has 0 atom stereocenters. The van der Waals surface area contributed by atoms with Crippen LogP contribution in [0.3, 0.4) is 0 Å². The van der Waals surface area contributed by atoms with E-state index in [0.29, 0.717) is 33.0 Å². The van der Waals surface area contributed by atoms with Crippen molar-refractivity contribution >= 4 is 35.3 Å². The van der Waals surface area contributed by atoms with Crippen molar-refractivity contribution in [2.45, 2.75) is 0 Å². The third-order valence-corrected chi connectivity index (χ3v) is 2.94. The van der Waals surface area contributed by atoms with Crippen LogP contribution in [0.5, 0.6) is 0 Å². The maximum absolute atomic E-state index is 10.7. The van der Waals surface area contributed by atoms with Gasteiger partial charge in [-0.3, -0.25) is 4.79 Å². The number of aldehydes is 1. The number of anilines is 1. The average molecular weight is 267 g/mol. The molecule has 86 valence electrons. The lowest BCUT2D eigenvalue weighted by molar-refractivity contribution is 0.112. The molecule has 0 saturated carbocycles. The van der Waals surface area contributed by atoms with Gasteiger partial charge < -0.3 is 5.73 Å². The first-order valence-corrected chi connectivity index (χ1v) is 5.54. The Bertz CT molecular complexity index is 564. The summed E-state index contributed by atoms with van der Waals surface area (Å²) in [5.41, 5.74) is 7.34. The molecule has 2 aromatic rings. The molecule has 1 aromatic heterocycles. The van der Waals surface area contributed by atoms with Crippen LogP contribution < -0.4 is 5.73 Å². The van der Waals surface area contributed by atoms with Crippen molar-refractivity contribution in [3.05, 3.63) is 46.1 Å². The molecule has 0 saturated heterocycles. The minimum atomic E-state index is 0.283. The molecule has 2 N–H and O–H groups in total. The molecule has 0 fully saturated rings. The lowest BCUT2D eigenvalue weighted by atomic mass is 10.0. The number of halogens is 2. The van der Waals surface area contributed by atoms with Gasteiger partial charge in [0.25, 0.3) is 0 Å². The van der Waals surface area contributed by atoms with Crippen LogP contribution >= 0.6 is 23.2 Å². The molecule has 0 spiro atoms. The highest BCUT2D eigenvalue weighted by Crippen LogP contribution is 2.36. The van der Waals surface area contributed by atoms with Gasteiger partial charge in [0.15, 0.2) is 6.29 Å². The fourth-order valence-electron chi connectivity index (χ4n) is 1.51. The van der Waals surface area contributed by atoms with Gasteiger partial charge in [-0.1, -0.05) is 29.3 Å². The molecular formula is C12H8Cl2N2O. The fourth-order valence-corrected chi connectivity index (χ4v) is 2.11. The molecule has 0 unspecified atom stereocenters. The summed E-state index contributed by atoms with van der Waals surface area (Å²) in [6, 6.07) is 6.76. The van der Waals surface area contributed by atoms with Crippen molar-refractivity contribution in [2.75, 3.05) is 5.73 Å². The number of rotatable bonds is 2. The molecule has 1 heterocycles. The molecule has 0 aliphatic carbocycles. The zero-order chi connectivity index (χ0) is 12.4. The van der Waals surface area contributed by atoms with E-state index in [9.17, 15) is 4.79 Å². The molecule has 1 aromatic carbocycles. The Labute approximate surface area is 108 Å². The highest BCUT2D eigenvalue weighted by Gasteiger charge is 2.12. The van der Waals surface area contributed by atoms with Gasteiger partial charge in [0.05, 0.1) is 10.0 Å². The lowest BCUT2D eigenvalue weighted by Crippen LogP contribution is -1.97. The van der Waals surface area contributed by atoms with Crippen molar-refractivity contribution < 1.29 is 4.79 Å². The maximum Gasteiger partial charge on any atom is 0.151 e. The summed E-state index contributed by atoms with van der Waals surface area (Å²) in [6.07, 6.45) is 2.09. The molecule has 3 nitrogen and oxygen atoms in total. The van der Waals surface area contributed by atoms with Gasteiger partial charge >= 0.3 is 0 Å². The molecule has 0 aliphatic heterocycles. The van der Waals surface area contributed by atoms with E-state index in [2.05, 4.69) is 4.98 Å². The third-order valence-electron chi connectivity index (χ3n) is 2.31. The number of nitrogen functional groups attached to an aromatic ring is 1. The van der Waals surface area contributed by atoms with Crippen LogP contribution in [0.25, 0.3) is 11.1 Å². The summed E-state index contributed by atoms with van der Waals surface area (Å²) >= 11 is 12.2. The van der Waals surface area contributed by atoms with E-state index in [-0.39, 0.29) is 5.82 Å². The predicted octanol–water partition coefficient (Wildman–Crippen LogP) is 3.45. The van der Waals surface area contributed by atoms with Gasteiger partial charge in [0, 0.05) is 22.9 Å². The Morgan fingerprint density at radius 2 is 1.88 bits per heavy atom. The van der Waals surface area contributed by atoms with Gasteiger partial charge in [-0.2, -0.15) is 0 Å². The zero-order valence-corrected chi connectivity index (χ0v) is 10.2. The number of pyridine rings is 1. The highest BCUT2D eigenvalue weighted by molar-refractivity contribution is 6.39. The molecule has 5 heteroatoms. The molecule has 17 heavy (non-hydrogen) atoms. The van der Waals surface area contributed by atoms with Crippen molar-refractivity contribution in [1.82, 2.24) is 4.98 Å². The van der Waals surface area contributed by atoms with E-state index < -0.39 is 0 Å². The standard InChI is InChI=1S/C12H8Cl2N2O/c13-9-2-1-3-10(14)11(9)8-4-7(6-17)5-16-12(8)15/h1-6H,(H2,15,16). The van der Waals surface area contributed by atoms with Gasteiger partial charge in [-0.05, 0) is 18.2 Å². The summed E-state index contributed by atoms with van der Waals surface area (Å²) in [5, 5.41) is 0.933. The lowest BCUT2D eigenvalue weighted by Gasteiger charge is -2.09. The van der Waals surface area contributed by atoms with Crippen LogP contribution in [0, 0.1) is 0 Å². The highest BCUT2D eigenvalue weighted by atomic mass is 35.5. The first kappa shape index (κ1) is 11.9. The molecule has 0 aliphatic rings. The topological polar surface area (TPSA) is 56.0 Å². The van der Waals surface area contributed by atoms with E-state index >= 15 is 0 Å². The number of nitrogens with two attached hydrogens (primary N) is 1. The number of carbonyl (C=O) groups is 1. The second kappa shape index (κ2) is 4.73. The summed E-state index contributed by atoms with van der Waals surface area (Å²) in [6.45, 7) is 0. The van der Waals surface area contributed by atoms with Crippen LogP contribution in [0.2, 0.25) is 10.0 Å². The maximum atomic E-state index is 10.7. The molecule has 2 rings (SSSR count). The number of benzene rings is 1. The largest absolute Gasteiger partial charge is 0.383 e. The minimum Gasteiger partial charge on any atom is -0.383 e. The van der Waals surface area contributed by atoms with E-state index in [1.165, 1.54) is 6.20 Å². The van der Waals surface area contributed by atoms with Gasteiger partial charge in [-0.25, -0.2) is 4.98 Å². The normalized spacial score (nSPS) is 10.2.